The highest BCUT2D eigenvalue weighted by Gasteiger charge is 2.18. The molecule has 0 aliphatic heterocycles. The van der Waals surface area contributed by atoms with Crippen LogP contribution in [0.5, 0.6) is 0 Å². The average Bonchev–Trinajstić information content (AvgIpc) is 2.05. The number of rotatable bonds is 4. The van der Waals surface area contributed by atoms with Crippen LogP contribution in [0.2, 0.25) is 0 Å². The predicted octanol–water partition coefficient (Wildman–Crippen LogP) is 1.31. The van der Waals surface area contributed by atoms with Crippen LogP contribution in [-0.2, 0) is 14.3 Å². The van der Waals surface area contributed by atoms with E-state index >= 15 is 0 Å². The molecule has 5 heteroatoms. The molecular formula is C8H8F2O3. The SMILES string of the molecule is C#CCOC(C(=O)OCC)=C(F)F. The van der Waals surface area contributed by atoms with Crippen LogP contribution in [0.3, 0.4) is 0 Å². The van der Waals surface area contributed by atoms with Crippen molar-refractivity contribution in [3.05, 3.63) is 11.8 Å². The van der Waals surface area contributed by atoms with Gasteiger partial charge in [0.05, 0.1) is 6.61 Å². The lowest BCUT2D eigenvalue weighted by molar-refractivity contribution is -0.142. The third kappa shape index (κ3) is 4.11. The quantitative estimate of drug-likeness (QED) is 0.290. The zero-order chi connectivity index (χ0) is 10.3. The number of hydrogen-bond donors (Lipinski definition) is 0. The highest BCUT2D eigenvalue weighted by Crippen LogP contribution is 2.10. The number of hydrogen-bond acceptors (Lipinski definition) is 3. The highest BCUT2D eigenvalue weighted by atomic mass is 19.3. The van der Waals surface area contributed by atoms with E-state index in [2.05, 4.69) is 9.47 Å². The molecule has 72 valence electrons. The summed E-state index contributed by atoms with van der Waals surface area (Å²) in [5.74, 6) is -0.383. The standard InChI is InChI=1S/C8H8F2O3/c1-3-5-13-6(7(9)10)8(11)12-4-2/h1H,4-5H2,2H3. The number of carbonyl (C=O) groups is 1. The van der Waals surface area contributed by atoms with Crippen molar-refractivity contribution in [3.63, 3.8) is 0 Å². The van der Waals surface area contributed by atoms with Gasteiger partial charge >= 0.3 is 12.0 Å². The maximum atomic E-state index is 12.0. The van der Waals surface area contributed by atoms with Crippen molar-refractivity contribution in [1.82, 2.24) is 0 Å². The lowest BCUT2D eigenvalue weighted by atomic mass is 10.5. The lowest BCUT2D eigenvalue weighted by Gasteiger charge is -2.04. The summed E-state index contributed by atoms with van der Waals surface area (Å²) in [6, 6.07) is 0. The predicted molar refractivity (Wildman–Crippen MR) is 40.7 cm³/mol. The van der Waals surface area contributed by atoms with Crippen LogP contribution in [0.1, 0.15) is 6.92 Å². The molecule has 0 saturated heterocycles. The normalized spacial score (nSPS) is 8.46. The first-order chi connectivity index (χ1) is 6.13. The fourth-order valence-corrected chi connectivity index (χ4v) is 0.501. The third-order valence-corrected chi connectivity index (χ3v) is 0.932. The van der Waals surface area contributed by atoms with Crippen molar-refractivity contribution in [2.75, 3.05) is 13.2 Å². The Balaban J connectivity index is 4.37. The van der Waals surface area contributed by atoms with Crippen molar-refractivity contribution in [2.24, 2.45) is 0 Å². The molecule has 0 aliphatic rings. The van der Waals surface area contributed by atoms with Crippen LogP contribution < -0.4 is 0 Å². The van der Waals surface area contributed by atoms with E-state index in [4.69, 9.17) is 6.42 Å². The van der Waals surface area contributed by atoms with Crippen LogP contribution >= 0.6 is 0 Å². The van der Waals surface area contributed by atoms with Gasteiger partial charge in [0.15, 0.2) is 0 Å². The van der Waals surface area contributed by atoms with E-state index in [1.54, 1.807) is 0 Å². The number of terminal acetylenes is 1. The van der Waals surface area contributed by atoms with E-state index in [9.17, 15) is 13.6 Å². The van der Waals surface area contributed by atoms with Gasteiger partial charge in [-0.1, -0.05) is 5.92 Å². The molecule has 13 heavy (non-hydrogen) atoms. The molecule has 0 rings (SSSR count). The molecular weight excluding hydrogens is 182 g/mol. The average molecular weight is 190 g/mol. The molecule has 0 aromatic carbocycles. The number of esters is 1. The summed E-state index contributed by atoms with van der Waals surface area (Å²) in [5, 5.41) is 0. The zero-order valence-electron chi connectivity index (χ0n) is 6.97. The fraction of sp³-hybridized carbons (Fsp3) is 0.375. The topological polar surface area (TPSA) is 35.5 Å². The Kier molecular flexibility index (Phi) is 5.28. The Morgan fingerprint density at radius 2 is 2.08 bits per heavy atom. The summed E-state index contributed by atoms with van der Waals surface area (Å²) in [5.41, 5.74) is 0. The second-order valence-electron chi connectivity index (χ2n) is 1.80. The van der Waals surface area contributed by atoms with E-state index in [0.29, 0.717) is 0 Å². The second-order valence-corrected chi connectivity index (χ2v) is 1.80. The van der Waals surface area contributed by atoms with Gasteiger partial charge in [-0.05, 0) is 6.92 Å². The summed E-state index contributed by atoms with van der Waals surface area (Å²) in [7, 11) is 0. The Hall–Kier alpha value is -1.57. The molecule has 0 aliphatic carbocycles. The molecule has 0 fully saturated rings. The van der Waals surface area contributed by atoms with Gasteiger partial charge in [-0.3, -0.25) is 0 Å². The first kappa shape index (κ1) is 11.4. The van der Waals surface area contributed by atoms with Crippen LogP contribution in [-0.4, -0.2) is 19.2 Å². The summed E-state index contributed by atoms with van der Waals surface area (Å²) in [6.45, 7) is 1.09. The Labute approximate surface area is 74.3 Å². The molecule has 0 bridgehead atoms. The van der Waals surface area contributed by atoms with Gasteiger partial charge in [0.1, 0.15) is 6.61 Å². The summed E-state index contributed by atoms with van der Waals surface area (Å²) >= 11 is 0. The van der Waals surface area contributed by atoms with Crippen LogP contribution in [0.15, 0.2) is 11.8 Å². The molecule has 0 atom stereocenters. The van der Waals surface area contributed by atoms with Gasteiger partial charge in [-0.25, -0.2) is 4.79 Å². The van der Waals surface area contributed by atoms with Gasteiger partial charge in [0.25, 0.3) is 5.76 Å². The molecule has 0 spiro atoms. The zero-order valence-corrected chi connectivity index (χ0v) is 6.97. The Morgan fingerprint density at radius 3 is 2.46 bits per heavy atom. The Morgan fingerprint density at radius 1 is 1.46 bits per heavy atom. The van der Waals surface area contributed by atoms with E-state index in [-0.39, 0.29) is 6.61 Å². The molecule has 0 N–H and O–H groups in total. The fourth-order valence-electron chi connectivity index (χ4n) is 0.501. The lowest BCUT2D eigenvalue weighted by Crippen LogP contribution is -2.11. The first-order valence-corrected chi connectivity index (χ1v) is 3.42. The van der Waals surface area contributed by atoms with Gasteiger partial charge < -0.3 is 9.47 Å². The van der Waals surface area contributed by atoms with Crippen LogP contribution in [0, 0.1) is 12.3 Å². The van der Waals surface area contributed by atoms with E-state index in [0.717, 1.165) is 0 Å². The largest absolute Gasteiger partial charge is 0.470 e. The van der Waals surface area contributed by atoms with Gasteiger partial charge in [0.2, 0.25) is 0 Å². The summed E-state index contributed by atoms with van der Waals surface area (Å²) in [4.78, 5) is 10.7. The maximum absolute atomic E-state index is 12.0. The second kappa shape index (κ2) is 6.00. The number of halogens is 2. The maximum Gasteiger partial charge on any atom is 0.379 e. The molecule has 0 saturated carbocycles. The molecule has 0 radical (unpaired) electrons. The summed E-state index contributed by atoms with van der Waals surface area (Å²) in [6.07, 6.45) is 2.51. The van der Waals surface area contributed by atoms with Crippen molar-refractivity contribution in [1.29, 1.82) is 0 Å². The van der Waals surface area contributed by atoms with Crippen molar-refractivity contribution < 1.29 is 23.0 Å². The highest BCUT2D eigenvalue weighted by molar-refractivity contribution is 5.86. The van der Waals surface area contributed by atoms with Gasteiger partial charge in [0, 0.05) is 0 Å². The minimum Gasteiger partial charge on any atom is -0.470 e. The molecule has 0 amide bonds. The van der Waals surface area contributed by atoms with E-state index < -0.39 is 24.4 Å². The first-order valence-electron chi connectivity index (χ1n) is 3.42. The van der Waals surface area contributed by atoms with E-state index in [1.807, 2.05) is 5.92 Å². The van der Waals surface area contributed by atoms with Gasteiger partial charge in [-0.2, -0.15) is 8.78 Å². The van der Waals surface area contributed by atoms with Crippen molar-refractivity contribution in [3.8, 4) is 12.3 Å². The number of carbonyl (C=O) groups excluding carboxylic acids is 1. The molecule has 0 unspecified atom stereocenters. The molecule has 0 aromatic heterocycles. The van der Waals surface area contributed by atoms with Crippen molar-refractivity contribution in [2.45, 2.75) is 6.92 Å². The number of ether oxygens (including phenoxy) is 2. The molecule has 0 aromatic rings. The Bertz CT molecular complexity index is 249. The molecule has 0 heterocycles. The summed E-state index contributed by atoms with van der Waals surface area (Å²) < 4.78 is 32.5. The van der Waals surface area contributed by atoms with Crippen LogP contribution in [0.4, 0.5) is 8.78 Å². The minimum atomic E-state index is -2.24. The molecule has 3 nitrogen and oxygen atoms in total. The minimum absolute atomic E-state index is 0.00493. The third-order valence-electron chi connectivity index (χ3n) is 0.932. The van der Waals surface area contributed by atoms with Gasteiger partial charge in [-0.15, -0.1) is 6.42 Å². The monoisotopic (exact) mass is 190 g/mol. The van der Waals surface area contributed by atoms with E-state index in [1.165, 1.54) is 6.92 Å². The van der Waals surface area contributed by atoms with Crippen LogP contribution in [0.25, 0.3) is 0 Å². The smallest absolute Gasteiger partial charge is 0.379 e. The van der Waals surface area contributed by atoms with Crippen molar-refractivity contribution >= 4 is 5.97 Å².